The molecule has 206 valence electrons. The summed E-state index contributed by atoms with van der Waals surface area (Å²) in [5.74, 6) is 0.137. The van der Waals surface area contributed by atoms with Gasteiger partial charge in [0, 0.05) is 12.0 Å². The highest BCUT2D eigenvalue weighted by molar-refractivity contribution is 5.70. The second kappa shape index (κ2) is 10.9. The number of alkyl halides is 3. The van der Waals surface area contributed by atoms with Gasteiger partial charge in [-0.25, -0.2) is 4.79 Å². The first kappa shape index (κ1) is 27.0. The predicted octanol–water partition coefficient (Wildman–Crippen LogP) is 5.78. The summed E-state index contributed by atoms with van der Waals surface area (Å²) in [6.07, 6.45) is -0.425. The summed E-state index contributed by atoms with van der Waals surface area (Å²) in [6, 6.07) is 15.4. The molecule has 2 aromatic carbocycles. The van der Waals surface area contributed by atoms with Crippen LogP contribution in [0.15, 0.2) is 48.5 Å². The van der Waals surface area contributed by atoms with Crippen LogP contribution in [0.25, 0.3) is 0 Å². The Hall–Kier alpha value is -2.58. The largest absolute Gasteiger partial charge is 0.417 e. The van der Waals surface area contributed by atoms with Crippen molar-refractivity contribution < 1.29 is 27.8 Å². The van der Waals surface area contributed by atoms with Crippen LogP contribution in [0.1, 0.15) is 61.6 Å². The van der Waals surface area contributed by atoms with E-state index in [-0.39, 0.29) is 25.2 Å². The Balaban J connectivity index is 1.31. The Kier molecular flexibility index (Phi) is 7.74. The van der Waals surface area contributed by atoms with E-state index in [0.29, 0.717) is 31.6 Å². The number of aryl methyl sites for hydroxylation is 1. The first-order valence-electron chi connectivity index (χ1n) is 13.8. The molecule has 38 heavy (non-hydrogen) atoms. The molecule has 1 saturated heterocycles. The van der Waals surface area contributed by atoms with Crippen molar-refractivity contribution in [3.63, 3.8) is 0 Å². The lowest BCUT2D eigenvalue weighted by atomic mass is 9.52. The number of fused-ring (bicyclic) bond motifs is 3. The minimum Gasteiger partial charge on any atom is -0.410 e. The van der Waals surface area contributed by atoms with Crippen molar-refractivity contribution in [2.24, 2.45) is 5.92 Å². The first-order chi connectivity index (χ1) is 18.2. The van der Waals surface area contributed by atoms with Gasteiger partial charge in [-0.1, -0.05) is 36.4 Å². The summed E-state index contributed by atoms with van der Waals surface area (Å²) < 4.78 is 46.9. The summed E-state index contributed by atoms with van der Waals surface area (Å²) in [5, 5.41) is 13.4. The molecule has 2 aliphatic carbocycles. The van der Waals surface area contributed by atoms with Crippen LogP contribution >= 0.6 is 0 Å². The molecule has 0 radical (unpaired) electrons. The Morgan fingerprint density at radius 1 is 1.11 bits per heavy atom. The van der Waals surface area contributed by atoms with Crippen LogP contribution in [-0.4, -0.2) is 54.1 Å². The minimum absolute atomic E-state index is 0.243. The van der Waals surface area contributed by atoms with E-state index in [1.807, 2.05) is 42.5 Å². The van der Waals surface area contributed by atoms with Gasteiger partial charge in [0.1, 0.15) is 5.75 Å². The molecule has 0 spiro atoms. The molecule has 1 saturated carbocycles. The molecule has 2 fully saturated rings. The molecule has 2 N–H and O–H groups in total. The highest BCUT2D eigenvalue weighted by Gasteiger charge is 2.61. The number of rotatable bonds is 7. The third-order valence-corrected chi connectivity index (χ3v) is 8.95. The average molecular weight is 531 g/mol. The topological polar surface area (TPSA) is 61.8 Å². The molecule has 2 aromatic rings. The highest BCUT2D eigenvalue weighted by Crippen LogP contribution is 2.57. The number of carbonyl (C=O) groups is 1. The lowest BCUT2D eigenvalue weighted by molar-refractivity contribution is -0.279. The Bertz CT molecular complexity index is 1120. The molecule has 1 amide bonds. The number of hydrogen-bond acceptors (Lipinski definition) is 4. The number of halogens is 3. The van der Waals surface area contributed by atoms with Gasteiger partial charge in [-0.2, -0.15) is 13.2 Å². The fourth-order valence-electron chi connectivity index (χ4n) is 6.92. The number of aliphatic hydroxyl groups is 1. The van der Waals surface area contributed by atoms with Gasteiger partial charge >= 0.3 is 12.3 Å². The van der Waals surface area contributed by atoms with Gasteiger partial charge in [0.25, 0.3) is 0 Å². The second-order valence-corrected chi connectivity index (χ2v) is 11.3. The van der Waals surface area contributed by atoms with Gasteiger partial charge in [-0.3, -0.25) is 0 Å². The van der Waals surface area contributed by atoms with Crippen molar-refractivity contribution in [3.05, 3.63) is 65.2 Å². The Morgan fingerprint density at radius 2 is 1.87 bits per heavy atom. The summed E-state index contributed by atoms with van der Waals surface area (Å²) in [7, 11) is 0. The fraction of sp³-hybridized carbons (Fsp3) is 0.567. The summed E-state index contributed by atoms with van der Waals surface area (Å²) in [6.45, 7) is 3.76. The van der Waals surface area contributed by atoms with Crippen molar-refractivity contribution in [3.8, 4) is 5.75 Å². The van der Waals surface area contributed by atoms with Crippen LogP contribution in [0.3, 0.4) is 0 Å². The zero-order valence-electron chi connectivity index (χ0n) is 21.7. The zero-order valence-corrected chi connectivity index (χ0v) is 21.7. The number of likely N-dealkylation sites (tertiary alicyclic amines) is 1. The van der Waals surface area contributed by atoms with E-state index < -0.39 is 23.3 Å². The van der Waals surface area contributed by atoms with Crippen molar-refractivity contribution >= 4 is 6.09 Å². The normalized spacial score (nSPS) is 27.4. The standard InChI is InChI=1S/C30H37F3N2O3/c31-30(32,33)29(37)14-13-28(20-22-7-2-1-3-8-22)24(21-29)10-9-23-19-25(11-12-26(23)28)38-27(36)34-15-6-18-35-16-4-5-17-35/h1-3,7-8,11-12,19,24,37H,4-6,9-10,13-18,20-21H2,(H,34,36)/t24-,28+,29-/m1/s1. The van der Waals surface area contributed by atoms with Crippen LogP contribution in [0, 0.1) is 5.92 Å². The molecule has 0 aromatic heterocycles. The number of benzene rings is 2. The maximum Gasteiger partial charge on any atom is 0.417 e. The summed E-state index contributed by atoms with van der Waals surface area (Å²) in [4.78, 5) is 14.8. The maximum absolute atomic E-state index is 13.8. The lowest BCUT2D eigenvalue weighted by Crippen LogP contribution is -2.56. The summed E-state index contributed by atoms with van der Waals surface area (Å²) in [5.41, 5.74) is -0.0702. The number of amides is 1. The third-order valence-electron chi connectivity index (χ3n) is 8.95. The van der Waals surface area contributed by atoms with E-state index in [9.17, 15) is 23.1 Å². The fourth-order valence-corrected chi connectivity index (χ4v) is 6.92. The smallest absolute Gasteiger partial charge is 0.410 e. The Morgan fingerprint density at radius 3 is 2.61 bits per heavy atom. The molecule has 8 heteroatoms. The number of ether oxygens (including phenoxy) is 1. The van der Waals surface area contributed by atoms with E-state index in [2.05, 4.69) is 10.2 Å². The lowest BCUT2D eigenvalue weighted by Gasteiger charge is -2.53. The Labute approximate surface area is 222 Å². The molecule has 1 heterocycles. The quantitative estimate of drug-likeness (QED) is 0.446. The van der Waals surface area contributed by atoms with E-state index in [1.54, 1.807) is 6.07 Å². The molecule has 5 nitrogen and oxygen atoms in total. The minimum atomic E-state index is -4.65. The molecule has 3 atom stereocenters. The van der Waals surface area contributed by atoms with Crippen LogP contribution in [0.5, 0.6) is 5.75 Å². The van der Waals surface area contributed by atoms with Gasteiger partial charge in [0.05, 0.1) is 0 Å². The molecular weight excluding hydrogens is 493 g/mol. The monoisotopic (exact) mass is 530 g/mol. The predicted molar refractivity (Wildman–Crippen MR) is 139 cm³/mol. The molecular formula is C30H37F3N2O3. The van der Waals surface area contributed by atoms with Crippen molar-refractivity contribution in [1.82, 2.24) is 10.2 Å². The van der Waals surface area contributed by atoms with Crippen LogP contribution in [0.2, 0.25) is 0 Å². The highest BCUT2D eigenvalue weighted by atomic mass is 19.4. The van der Waals surface area contributed by atoms with Crippen molar-refractivity contribution in [2.75, 3.05) is 26.2 Å². The molecule has 1 aliphatic heterocycles. The van der Waals surface area contributed by atoms with Crippen LogP contribution < -0.4 is 10.1 Å². The van der Waals surface area contributed by atoms with Crippen molar-refractivity contribution in [2.45, 2.75) is 75.0 Å². The zero-order chi connectivity index (χ0) is 26.8. The second-order valence-electron chi connectivity index (χ2n) is 11.3. The molecule has 0 bridgehead atoms. The molecule has 0 unspecified atom stereocenters. The summed E-state index contributed by atoms with van der Waals surface area (Å²) >= 11 is 0. The van der Waals surface area contributed by atoms with E-state index in [1.165, 1.54) is 12.8 Å². The van der Waals surface area contributed by atoms with Gasteiger partial charge in [-0.05, 0) is 112 Å². The van der Waals surface area contributed by atoms with Crippen molar-refractivity contribution in [1.29, 1.82) is 0 Å². The van der Waals surface area contributed by atoms with Gasteiger partial charge in [-0.15, -0.1) is 0 Å². The SMILES string of the molecule is O=C(NCCCN1CCCC1)Oc1ccc2c(c1)CC[C@@H]1C[C@@](O)(C(F)(F)F)CC[C@@]21Cc1ccccc1. The van der Waals surface area contributed by atoms with E-state index >= 15 is 0 Å². The molecule has 5 rings (SSSR count). The maximum atomic E-state index is 13.8. The number of nitrogens with one attached hydrogen (secondary N) is 1. The van der Waals surface area contributed by atoms with Crippen LogP contribution in [0.4, 0.5) is 18.0 Å². The van der Waals surface area contributed by atoms with Gasteiger partial charge in [0.15, 0.2) is 5.60 Å². The van der Waals surface area contributed by atoms with Gasteiger partial charge in [0.2, 0.25) is 0 Å². The molecule has 3 aliphatic rings. The number of carbonyl (C=O) groups excluding carboxylic acids is 1. The number of hydrogen-bond donors (Lipinski definition) is 2. The van der Waals surface area contributed by atoms with E-state index in [4.69, 9.17) is 4.74 Å². The van der Waals surface area contributed by atoms with Crippen LogP contribution in [-0.2, 0) is 18.3 Å². The average Bonchev–Trinajstić information content (AvgIpc) is 3.41. The van der Waals surface area contributed by atoms with Gasteiger partial charge < -0.3 is 20.1 Å². The first-order valence-corrected chi connectivity index (χ1v) is 13.8. The van der Waals surface area contributed by atoms with E-state index in [0.717, 1.165) is 42.7 Å². The third kappa shape index (κ3) is 5.57. The number of nitrogens with zero attached hydrogens (tertiary/aromatic N) is 1.